The molecule has 1 aliphatic rings. The first-order valence-electron chi connectivity index (χ1n) is 9.71. The highest BCUT2D eigenvalue weighted by Crippen LogP contribution is 2.24. The fraction of sp³-hybridized carbons (Fsp3) is 0.286. The highest BCUT2D eigenvalue weighted by Gasteiger charge is 2.29. The van der Waals surface area contributed by atoms with Gasteiger partial charge in [-0.25, -0.2) is 0 Å². The molecule has 0 radical (unpaired) electrons. The minimum atomic E-state index is -0.343. The number of likely N-dealkylation sites (tertiary alicyclic amines) is 1. The second kappa shape index (κ2) is 8.32. The Morgan fingerprint density at radius 1 is 0.967 bits per heavy atom. The molecule has 0 atom stereocenters. The van der Waals surface area contributed by atoms with E-state index in [0.29, 0.717) is 31.5 Å². The quantitative estimate of drug-likeness (QED) is 0.626. The van der Waals surface area contributed by atoms with Crippen molar-refractivity contribution in [1.29, 1.82) is 0 Å². The number of hydrogen-bond donors (Lipinski definition) is 2. The summed E-state index contributed by atoms with van der Waals surface area (Å²) in [5.74, 6) is -0.475. The number of esters is 1. The van der Waals surface area contributed by atoms with Gasteiger partial charge in [-0.15, -0.1) is 0 Å². The van der Waals surface area contributed by atoms with E-state index in [1.807, 2.05) is 42.5 Å². The van der Waals surface area contributed by atoms with Gasteiger partial charge in [0.2, 0.25) is 11.9 Å². The van der Waals surface area contributed by atoms with Gasteiger partial charge >= 0.3 is 5.97 Å². The number of hydrogen-bond acceptors (Lipinski definition) is 8. The van der Waals surface area contributed by atoms with Crippen LogP contribution in [0.1, 0.15) is 29.0 Å². The Kier molecular flexibility index (Phi) is 5.42. The van der Waals surface area contributed by atoms with Crippen molar-refractivity contribution in [3.63, 3.8) is 0 Å². The first kappa shape index (κ1) is 19.6. The summed E-state index contributed by atoms with van der Waals surface area (Å²) in [6.07, 6.45) is 1.08. The zero-order chi connectivity index (χ0) is 21.1. The molecule has 4 rings (SSSR count). The van der Waals surface area contributed by atoms with E-state index in [2.05, 4.69) is 15.0 Å². The predicted octanol–water partition coefficient (Wildman–Crippen LogP) is 1.78. The molecule has 1 aromatic heterocycles. The average molecular weight is 406 g/mol. The van der Waals surface area contributed by atoms with Crippen LogP contribution in [0, 0.1) is 5.92 Å². The lowest BCUT2D eigenvalue weighted by atomic mass is 9.96. The molecule has 0 saturated carbocycles. The summed E-state index contributed by atoms with van der Waals surface area (Å²) in [7, 11) is 0. The Balaban J connectivity index is 1.35. The zero-order valence-corrected chi connectivity index (χ0v) is 16.3. The highest BCUT2D eigenvalue weighted by atomic mass is 16.5. The molecule has 3 aromatic rings. The predicted molar refractivity (Wildman–Crippen MR) is 111 cm³/mol. The molecule has 154 valence electrons. The number of amides is 1. The molecule has 9 nitrogen and oxygen atoms in total. The van der Waals surface area contributed by atoms with E-state index < -0.39 is 0 Å². The molecule has 1 amide bonds. The molecule has 1 fully saturated rings. The van der Waals surface area contributed by atoms with Gasteiger partial charge in [0.1, 0.15) is 0 Å². The molecule has 2 heterocycles. The lowest BCUT2D eigenvalue weighted by Crippen LogP contribution is -2.40. The number of benzene rings is 2. The molecule has 1 aliphatic heterocycles. The summed E-state index contributed by atoms with van der Waals surface area (Å²) < 4.78 is 5.31. The molecule has 9 heteroatoms. The summed E-state index contributed by atoms with van der Waals surface area (Å²) in [5.41, 5.74) is 11.7. The van der Waals surface area contributed by atoms with E-state index in [1.165, 1.54) is 0 Å². The first-order chi connectivity index (χ1) is 14.5. The van der Waals surface area contributed by atoms with Crippen molar-refractivity contribution < 1.29 is 14.3 Å². The van der Waals surface area contributed by atoms with Crippen molar-refractivity contribution in [1.82, 2.24) is 19.9 Å². The Labute approximate surface area is 173 Å². The van der Waals surface area contributed by atoms with Gasteiger partial charge in [-0.05, 0) is 29.7 Å². The molecule has 4 N–H and O–H groups in total. The highest BCUT2D eigenvalue weighted by molar-refractivity contribution is 6.07. The number of fused-ring (bicyclic) bond motifs is 1. The third-order valence-corrected chi connectivity index (χ3v) is 5.20. The van der Waals surface area contributed by atoms with Crippen LogP contribution in [0.4, 0.5) is 11.9 Å². The minimum Gasteiger partial charge on any atom is -0.457 e. The maximum Gasteiger partial charge on any atom is 0.309 e. The average Bonchev–Trinajstić information content (AvgIpc) is 2.76. The lowest BCUT2D eigenvalue weighted by Gasteiger charge is -2.31. The van der Waals surface area contributed by atoms with Gasteiger partial charge in [-0.2, -0.15) is 15.0 Å². The largest absolute Gasteiger partial charge is 0.457 e. The summed E-state index contributed by atoms with van der Waals surface area (Å²) in [6.45, 7) is 0.867. The van der Waals surface area contributed by atoms with Gasteiger partial charge in [0.25, 0.3) is 5.91 Å². The van der Waals surface area contributed by atoms with Gasteiger partial charge in [0.05, 0.1) is 5.92 Å². The number of anilines is 2. The molecular weight excluding hydrogens is 384 g/mol. The normalized spacial score (nSPS) is 14.6. The van der Waals surface area contributed by atoms with E-state index in [9.17, 15) is 9.59 Å². The first-order valence-corrected chi connectivity index (χ1v) is 9.71. The van der Waals surface area contributed by atoms with Gasteiger partial charge in [0.15, 0.2) is 12.4 Å². The Morgan fingerprint density at radius 2 is 1.63 bits per heavy atom. The second-order valence-electron chi connectivity index (χ2n) is 7.17. The van der Waals surface area contributed by atoms with Crippen molar-refractivity contribution in [2.24, 2.45) is 5.92 Å². The summed E-state index contributed by atoms with van der Waals surface area (Å²) in [4.78, 5) is 38.7. The number of nitrogens with zero attached hydrogens (tertiary/aromatic N) is 4. The van der Waals surface area contributed by atoms with Crippen LogP contribution in [-0.2, 0) is 16.1 Å². The van der Waals surface area contributed by atoms with E-state index in [-0.39, 0.29) is 42.1 Å². The van der Waals surface area contributed by atoms with Crippen molar-refractivity contribution in [2.75, 3.05) is 24.6 Å². The number of piperidine rings is 1. The maximum absolute atomic E-state index is 13.0. The number of carbonyl (C=O) groups is 2. The van der Waals surface area contributed by atoms with Crippen molar-refractivity contribution >= 4 is 34.5 Å². The fourth-order valence-electron chi connectivity index (χ4n) is 3.68. The third kappa shape index (κ3) is 4.14. The number of nitrogen functional groups attached to an aromatic ring is 2. The van der Waals surface area contributed by atoms with Crippen molar-refractivity contribution in [3.8, 4) is 0 Å². The number of aromatic nitrogens is 3. The minimum absolute atomic E-state index is 0.0187. The van der Waals surface area contributed by atoms with Gasteiger partial charge < -0.3 is 21.1 Å². The van der Waals surface area contributed by atoms with E-state index >= 15 is 0 Å². The topological polar surface area (TPSA) is 137 Å². The van der Waals surface area contributed by atoms with Crippen LogP contribution in [0.3, 0.4) is 0 Å². The monoisotopic (exact) mass is 406 g/mol. The van der Waals surface area contributed by atoms with E-state index in [1.54, 1.807) is 4.90 Å². The number of nitrogens with two attached hydrogens (primary N) is 2. The molecular formula is C21H22N6O3. The summed E-state index contributed by atoms with van der Waals surface area (Å²) in [5, 5.41) is 1.96. The van der Waals surface area contributed by atoms with Gasteiger partial charge in [-0.1, -0.05) is 36.4 Å². The van der Waals surface area contributed by atoms with Crippen LogP contribution < -0.4 is 11.5 Å². The molecule has 0 bridgehead atoms. The molecule has 0 spiro atoms. The standard InChI is InChI=1S/C21H22N6O3/c22-20-24-17(25-21(23)26-20)12-30-19(29)14-8-10-27(11-9-14)18(28)16-7-3-5-13-4-1-2-6-15(13)16/h1-7,14H,8-12H2,(H4,22,23,24,25,26). The van der Waals surface area contributed by atoms with Crippen LogP contribution in [0.5, 0.6) is 0 Å². The zero-order valence-electron chi connectivity index (χ0n) is 16.3. The van der Waals surface area contributed by atoms with Crippen LogP contribution in [-0.4, -0.2) is 44.8 Å². The molecule has 30 heavy (non-hydrogen) atoms. The third-order valence-electron chi connectivity index (χ3n) is 5.20. The van der Waals surface area contributed by atoms with E-state index in [4.69, 9.17) is 16.2 Å². The van der Waals surface area contributed by atoms with Crippen LogP contribution in [0.25, 0.3) is 10.8 Å². The number of carbonyl (C=O) groups excluding carboxylic acids is 2. The van der Waals surface area contributed by atoms with Crippen LogP contribution >= 0.6 is 0 Å². The summed E-state index contributed by atoms with van der Waals surface area (Å²) in [6, 6.07) is 13.5. The Bertz CT molecular complexity index is 1070. The van der Waals surface area contributed by atoms with E-state index in [0.717, 1.165) is 10.8 Å². The van der Waals surface area contributed by atoms with Crippen molar-refractivity contribution in [3.05, 3.63) is 53.9 Å². The van der Waals surface area contributed by atoms with Crippen molar-refractivity contribution in [2.45, 2.75) is 19.4 Å². The molecule has 0 aliphatic carbocycles. The van der Waals surface area contributed by atoms with Crippen LogP contribution in [0.15, 0.2) is 42.5 Å². The smallest absolute Gasteiger partial charge is 0.309 e. The number of rotatable bonds is 4. The molecule has 0 unspecified atom stereocenters. The fourth-order valence-corrected chi connectivity index (χ4v) is 3.68. The maximum atomic E-state index is 13.0. The number of ether oxygens (including phenoxy) is 1. The Hall–Kier alpha value is -3.75. The SMILES string of the molecule is Nc1nc(N)nc(COC(=O)C2CCN(C(=O)c3cccc4ccccc34)CC2)n1. The Morgan fingerprint density at radius 3 is 2.37 bits per heavy atom. The summed E-state index contributed by atoms with van der Waals surface area (Å²) >= 11 is 0. The van der Waals surface area contributed by atoms with Crippen LogP contribution in [0.2, 0.25) is 0 Å². The van der Waals surface area contributed by atoms with Gasteiger partial charge in [0, 0.05) is 18.7 Å². The lowest BCUT2D eigenvalue weighted by molar-refractivity contribution is -0.151. The second-order valence-corrected chi connectivity index (χ2v) is 7.17. The molecule has 1 saturated heterocycles. The van der Waals surface area contributed by atoms with Gasteiger partial charge in [-0.3, -0.25) is 9.59 Å². The molecule has 2 aromatic carbocycles.